The third-order valence-corrected chi connectivity index (χ3v) is 3.73. The standard InChI is InChI=1S/C21H28O6/c1-2-20(23)26-17-9-4-3-8-16-25-18-11-13-19(14-12-18)27-21(24)10-6-5-7-15-22/h2,11-15H,1,3-10,16-17H2. The number of hydrogen-bond acceptors (Lipinski definition) is 6. The second-order valence-corrected chi connectivity index (χ2v) is 5.99. The lowest BCUT2D eigenvalue weighted by Crippen LogP contribution is -2.07. The first-order valence-electron chi connectivity index (χ1n) is 9.32. The monoisotopic (exact) mass is 376 g/mol. The first kappa shape index (κ1) is 22.4. The van der Waals surface area contributed by atoms with Gasteiger partial charge in [-0.25, -0.2) is 4.79 Å². The summed E-state index contributed by atoms with van der Waals surface area (Å²) in [6.45, 7) is 4.36. The Morgan fingerprint density at radius 3 is 2.22 bits per heavy atom. The van der Waals surface area contributed by atoms with Crippen LogP contribution in [0.15, 0.2) is 36.9 Å². The number of rotatable bonds is 15. The van der Waals surface area contributed by atoms with Gasteiger partial charge in [-0.2, -0.15) is 0 Å². The number of esters is 2. The Labute approximate surface area is 160 Å². The lowest BCUT2D eigenvalue weighted by molar-refractivity contribution is -0.138. The molecule has 6 nitrogen and oxygen atoms in total. The fourth-order valence-electron chi connectivity index (χ4n) is 2.26. The maximum Gasteiger partial charge on any atom is 0.330 e. The van der Waals surface area contributed by atoms with Gasteiger partial charge in [-0.1, -0.05) is 6.58 Å². The average molecular weight is 376 g/mol. The molecule has 0 amide bonds. The molecule has 6 heteroatoms. The zero-order valence-corrected chi connectivity index (χ0v) is 15.7. The van der Waals surface area contributed by atoms with Crippen LogP contribution < -0.4 is 9.47 Å². The van der Waals surface area contributed by atoms with Gasteiger partial charge in [0.15, 0.2) is 0 Å². The van der Waals surface area contributed by atoms with E-state index in [0.717, 1.165) is 43.8 Å². The highest BCUT2D eigenvalue weighted by Gasteiger charge is 2.05. The van der Waals surface area contributed by atoms with Crippen LogP contribution in [0.4, 0.5) is 0 Å². The van der Waals surface area contributed by atoms with E-state index in [9.17, 15) is 14.4 Å². The molecule has 0 fully saturated rings. The number of aldehydes is 1. The second kappa shape index (κ2) is 14.5. The summed E-state index contributed by atoms with van der Waals surface area (Å²) in [5, 5.41) is 0. The molecule has 1 rings (SSSR count). The van der Waals surface area contributed by atoms with Crippen molar-refractivity contribution in [2.24, 2.45) is 0 Å². The number of benzene rings is 1. The van der Waals surface area contributed by atoms with Crippen molar-refractivity contribution in [3.8, 4) is 11.5 Å². The van der Waals surface area contributed by atoms with Crippen molar-refractivity contribution < 1.29 is 28.6 Å². The highest BCUT2D eigenvalue weighted by Crippen LogP contribution is 2.18. The Bertz CT molecular complexity index is 579. The highest BCUT2D eigenvalue weighted by molar-refractivity contribution is 5.81. The molecule has 148 valence electrons. The maximum absolute atomic E-state index is 11.7. The van der Waals surface area contributed by atoms with Gasteiger partial charge in [0.05, 0.1) is 13.2 Å². The van der Waals surface area contributed by atoms with Crippen LogP contribution in [0.25, 0.3) is 0 Å². The van der Waals surface area contributed by atoms with Crippen LogP contribution in [0.5, 0.6) is 11.5 Å². The van der Waals surface area contributed by atoms with Gasteiger partial charge < -0.3 is 19.0 Å². The summed E-state index contributed by atoms with van der Waals surface area (Å²) >= 11 is 0. The average Bonchev–Trinajstić information content (AvgIpc) is 2.68. The largest absolute Gasteiger partial charge is 0.494 e. The van der Waals surface area contributed by atoms with E-state index in [1.165, 1.54) is 0 Å². The Morgan fingerprint density at radius 2 is 1.56 bits per heavy atom. The summed E-state index contributed by atoms with van der Waals surface area (Å²) < 4.78 is 15.8. The Kier molecular flexibility index (Phi) is 12.1. The molecule has 0 aromatic heterocycles. The van der Waals surface area contributed by atoms with Crippen molar-refractivity contribution in [3.05, 3.63) is 36.9 Å². The predicted molar refractivity (Wildman–Crippen MR) is 102 cm³/mol. The van der Waals surface area contributed by atoms with Crippen LogP contribution in [0.2, 0.25) is 0 Å². The number of unbranched alkanes of at least 4 members (excludes halogenated alkanes) is 5. The number of ether oxygens (including phenoxy) is 3. The molecule has 0 aliphatic heterocycles. The van der Waals surface area contributed by atoms with Crippen LogP contribution in [-0.2, 0) is 19.1 Å². The first-order chi connectivity index (χ1) is 13.2. The van der Waals surface area contributed by atoms with E-state index >= 15 is 0 Å². The van der Waals surface area contributed by atoms with Gasteiger partial charge in [0.2, 0.25) is 0 Å². The summed E-state index contributed by atoms with van der Waals surface area (Å²) in [6.07, 6.45) is 7.84. The first-order valence-corrected chi connectivity index (χ1v) is 9.32. The van der Waals surface area contributed by atoms with Crippen LogP contribution in [0.3, 0.4) is 0 Å². The van der Waals surface area contributed by atoms with Gasteiger partial charge in [-0.15, -0.1) is 0 Å². The van der Waals surface area contributed by atoms with E-state index in [4.69, 9.17) is 14.2 Å². The summed E-state index contributed by atoms with van der Waals surface area (Å²) in [6, 6.07) is 6.94. The van der Waals surface area contributed by atoms with Gasteiger partial charge in [-0.3, -0.25) is 4.79 Å². The molecule has 0 aliphatic rings. The molecular formula is C21H28O6. The lowest BCUT2D eigenvalue weighted by atomic mass is 10.2. The van der Waals surface area contributed by atoms with Crippen molar-refractivity contribution in [2.75, 3.05) is 13.2 Å². The summed E-state index contributed by atoms with van der Waals surface area (Å²) in [5.74, 6) is 0.524. The van der Waals surface area contributed by atoms with Gasteiger partial charge in [0.25, 0.3) is 0 Å². The van der Waals surface area contributed by atoms with Crippen molar-refractivity contribution in [2.45, 2.75) is 51.4 Å². The molecule has 27 heavy (non-hydrogen) atoms. The van der Waals surface area contributed by atoms with Crippen molar-refractivity contribution in [1.82, 2.24) is 0 Å². The van der Waals surface area contributed by atoms with E-state index < -0.39 is 0 Å². The van der Waals surface area contributed by atoms with E-state index in [2.05, 4.69) is 6.58 Å². The molecule has 0 saturated carbocycles. The molecule has 0 spiro atoms. The molecule has 1 aromatic rings. The molecule has 0 atom stereocenters. The van der Waals surface area contributed by atoms with Crippen LogP contribution in [-0.4, -0.2) is 31.4 Å². The molecular weight excluding hydrogens is 348 g/mol. The second-order valence-electron chi connectivity index (χ2n) is 5.99. The minimum Gasteiger partial charge on any atom is -0.494 e. The van der Waals surface area contributed by atoms with E-state index in [1.54, 1.807) is 24.3 Å². The minimum absolute atomic E-state index is 0.298. The zero-order valence-electron chi connectivity index (χ0n) is 15.7. The topological polar surface area (TPSA) is 78.9 Å². The van der Waals surface area contributed by atoms with Crippen LogP contribution in [0.1, 0.15) is 51.4 Å². The normalized spacial score (nSPS) is 10.1. The number of carbonyl (C=O) groups excluding carboxylic acids is 3. The highest BCUT2D eigenvalue weighted by atomic mass is 16.5. The van der Waals surface area contributed by atoms with Gasteiger partial charge in [0.1, 0.15) is 17.8 Å². The molecule has 1 aromatic carbocycles. The van der Waals surface area contributed by atoms with E-state index in [-0.39, 0.29) is 11.9 Å². The maximum atomic E-state index is 11.7. The SMILES string of the molecule is C=CC(=O)OCCCCCCOc1ccc(OC(=O)CCCCC=O)cc1. The van der Waals surface area contributed by atoms with E-state index in [0.29, 0.717) is 44.6 Å². The molecule has 0 unspecified atom stereocenters. The summed E-state index contributed by atoms with van der Waals surface area (Å²) in [7, 11) is 0. The predicted octanol–water partition coefficient (Wildman–Crippen LogP) is 4.02. The third-order valence-electron chi connectivity index (χ3n) is 3.73. The van der Waals surface area contributed by atoms with Crippen molar-refractivity contribution >= 4 is 18.2 Å². The van der Waals surface area contributed by atoms with Crippen LogP contribution in [0, 0.1) is 0 Å². The Morgan fingerprint density at radius 1 is 0.889 bits per heavy atom. The Hall–Kier alpha value is -2.63. The minimum atomic E-state index is -0.384. The van der Waals surface area contributed by atoms with Crippen LogP contribution >= 0.6 is 0 Å². The third kappa shape index (κ3) is 11.6. The van der Waals surface area contributed by atoms with E-state index in [1.807, 2.05) is 0 Å². The zero-order chi connectivity index (χ0) is 19.7. The fraction of sp³-hybridized carbons (Fsp3) is 0.476. The molecule has 0 aliphatic carbocycles. The molecule has 0 heterocycles. The van der Waals surface area contributed by atoms with Gasteiger partial charge >= 0.3 is 11.9 Å². The summed E-state index contributed by atoms with van der Waals surface area (Å²) in [4.78, 5) is 32.7. The van der Waals surface area contributed by atoms with Crippen molar-refractivity contribution in [3.63, 3.8) is 0 Å². The number of carbonyl (C=O) groups is 3. The fourth-order valence-corrected chi connectivity index (χ4v) is 2.26. The molecule has 0 saturated heterocycles. The number of hydrogen-bond donors (Lipinski definition) is 0. The van der Waals surface area contributed by atoms with Crippen molar-refractivity contribution in [1.29, 1.82) is 0 Å². The smallest absolute Gasteiger partial charge is 0.330 e. The Balaban J connectivity index is 2.10. The van der Waals surface area contributed by atoms with Gasteiger partial charge in [-0.05, 0) is 62.8 Å². The quantitative estimate of drug-likeness (QED) is 0.151. The van der Waals surface area contributed by atoms with Gasteiger partial charge in [0, 0.05) is 18.9 Å². The molecule has 0 bridgehead atoms. The lowest BCUT2D eigenvalue weighted by Gasteiger charge is -2.08. The summed E-state index contributed by atoms with van der Waals surface area (Å²) in [5.41, 5.74) is 0. The molecule has 0 radical (unpaired) electrons. The molecule has 0 N–H and O–H groups in total.